The van der Waals surface area contributed by atoms with Crippen LogP contribution in [0.15, 0.2) is 41.8 Å². The SMILES string of the molecule is COC(CN(C(=O)c1cccs1)C1CC(=O)N(c2ccc(C)cc2)C1=O)OC. The first-order valence-electron chi connectivity index (χ1n) is 8.79. The van der Waals surface area contributed by atoms with Crippen LogP contribution in [0.3, 0.4) is 0 Å². The van der Waals surface area contributed by atoms with Crippen molar-refractivity contribution in [2.45, 2.75) is 25.7 Å². The number of anilines is 1. The Bertz CT molecular complexity index is 846. The lowest BCUT2D eigenvalue weighted by molar-refractivity contribution is -0.128. The number of ether oxygens (including phenoxy) is 2. The zero-order valence-electron chi connectivity index (χ0n) is 16.0. The Morgan fingerprint density at radius 3 is 2.46 bits per heavy atom. The van der Waals surface area contributed by atoms with Crippen LogP contribution < -0.4 is 4.90 Å². The first-order chi connectivity index (χ1) is 13.5. The second kappa shape index (κ2) is 8.64. The molecule has 0 saturated carbocycles. The van der Waals surface area contributed by atoms with E-state index in [1.807, 2.05) is 19.1 Å². The van der Waals surface area contributed by atoms with Crippen molar-refractivity contribution in [3.63, 3.8) is 0 Å². The summed E-state index contributed by atoms with van der Waals surface area (Å²) >= 11 is 1.28. The highest BCUT2D eigenvalue weighted by Gasteiger charge is 2.45. The monoisotopic (exact) mass is 402 g/mol. The third kappa shape index (κ3) is 3.99. The molecule has 1 aliphatic heterocycles. The highest BCUT2D eigenvalue weighted by Crippen LogP contribution is 2.28. The number of carbonyl (C=O) groups excluding carboxylic acids is 3. The maximum absolute atomic E-state index is 13.1. The number of carbonyl (C=O) groups is 3. The Kier molecular flexibility index (Phi) is 6.23. The van der Waals surface area contributed by atoms with E-state index >= 15 is 0 Å². The van der Waals surface area contributed by atoms with Crippen LogP contribution in [0.5, 0.6) is 0 Å². The largest absolute Gasteiger partial charge is 0.354 e. The molecule has 148 valence electrons. The molecule has 0 spiro atoms. The Hall–Kier alpha value is -2.55. The predicted octanol–water partition coefficient (Wildman–Crippen LogP) is 2.45. The van der Waals surface area contributed by atoms with Crippen molar-refractivity contribution in [1.82, 2.24) is 4.90 Å². The van der Waals surface area contributed by atoms with Gasteiger partial charge in [-0.3, -0.25) is 14.4 Å². The quantitative estimate of drug-likeness (QED) is 0.525. The Morgan fingerprint density at radius 2 is 1.89 bits per heavy atom. The molecule has 3 rings (SSSR count). The lowest BCUT2D eigenvalue weighted by Gasteiger charge is -2.29. The molecule has 1 fully saturated rings. The molecule has 1 aliphatic rings. The van der Waals surface area contributed by atoms with E-state index in [9.17, 15) is 14.4 Å². The molecule has 0 radical (unpaired) electrons. The molecule has 0 bridgehead atoms. The van der Waals surface area contributed by atoms with Gasteiger partial charge in [0.05, 0.1) is 23.5 Å². The fraction of sp³-hybridized carbons (Fsp3) is 0.350. The highest BCUT2D eigenvalue weighted by atomic mass is 32.1. The number of hydrogen-bond donors (Lipinski definition) is 0. The zero-order chi connectivity index (χ0) is 20.3. The average Bonchev–Trinajstić information content (AvgIpc) is 3.32. The molecule has 1 saturated heterocycles. The number of aryl methyl sites for hydroxylation is 1. The number of rotatable bonds is 7. The lowest BCUT2D eigenvalue weighted by atomic mass is 10.2. The Morgan fingerprint density at radius 1 is 1.21 bits per heavy atom. The Balaban J connectivity index is 1.91. The van der Waals surface area contributed by atoms with Gasteiger partial charge in [0.1, 0.15) is 6.04 Å². The number of hydrogen-bond acceptors (Lipinski definition) is 6. The molecule has 0 N–H and O–H groups in total. The third-order valence-electron chi connectivity index (χ3n) is 4.66. The summed E-state index contributed by atoms with van der Waals surface area (Å²) in [5, 5.41) is 1.79. The molecule has 2 heterocycles. The van der Waals surface area contributed by atoms with Gasteiger partial charge >= 0.3 is 0 Å². The zero-order valence-corrected chi connectivity index (χ0v) is 16.8. The molecule has 0 aliphatic carbocycles. The van der Waals surface area contributed by atoms with Crippen molar-refractivity contribution < 1.29 is 23.9 Å². The van der Waals surface area contributed by atoms with Gasteiger partial charge in [-0.15, -0.1) is 11.3 Å². The summed E-state index contributed by atoms with van der Waals surface area (Å²) in [6.45, 7) is 1.96. The van der Waals surface area contributed by atoms with Crippen molar-refractivity contribution in [3.05, 3.63) is 52.2 Å². The van der Waals surface area contributed by atoms with Crippen molar-refractivity contribution in [1.29, 1.82) is 0 Å². The molecule has 8 heteroatoms. The van der Waals surface area contributed by atoms with Gasteiger partial charge < -0.3 is 14.4 Å². The summed E-state index contributed by atoms with van der Waals surface area (Å²) in [6, 6.07) is 9.68. The predicted molar refractivity (Wildman–Crippen MR) is 105 cm³/mol. The van der Waals surface area contributed by atoms with Crippen LogP contribution in [-0.2, 0) is 19.1 Å². The first kappa shape index (κ1) is 20.2. The van der Waals surface area contributed by atoms with Crippen LogP contribution in [0.4, 0.5) is 5.69 Å². The normalized spacial score (nSPS) is 16.9. The number of nitrogens with zero attached hydrogens (tertiary/aromatic N) is 2. The fourth-order valence-corrected chi connectivity index (χ4v) is 3.80. The van der Waals surface area contributed by atoms with E-state index < -0.39 is 18.2 Å². The van der Waals surface area contributed by atoms with Crippen LogP contribution in [0.2, 0.25) is 0 Å². The minimum Gasteiger partial charge on any atom is -0.354 e. The molecule has 1 aromatic heterocycles. The molecule has 1 aromatic carbocycles. The van der Waals surface area contributed by atoms with Crippen molar-refractivity contribution in [3.8, 4) is 0 Å². The lowest BCUT2D eigenvalue weighted by Crippen LogP contribution is -2.49. The summed E-state index contributed by atoms with van der Waals surface area (Å²) in [5.74, 6) is -1.09. The van der Waals surface area contributed by atoms with Crippen molar-refractivity contribution in [2.75, 3.05) is 25.7 Å². The molecule has 2 aromatic rings. The molecule has 3 amide bonds. The van der Waals surface area contributed by atoms with Crippen molar-refractivity contribution >= 4 is 34.7 Å². The molecule has 7 nitrogen and oxygen atoms in total. The van der Waals surface area contributed by atoms with Crippen LogP contribution in [0.25, 0.3) is 0 Å². The van der Waals surface area contributed by atoms with E-state index in [1.165, 1.54) is 30.5 Å². The smallest absolute Gasteiger partial charge is 0.264 e. The summed E-state index contributed by atoms with van der Waals surface area (Å²) in [4.78, 5) is 41.8. The van der Waals surface area contributed by atoms with Crippen LogP contribution >= 0.6 is 11.3 Å². The Labute approximate surface area is 167 Å². The second-order valence-corrected chi connectivity index (χ2v) is 7.41. The topological polar surface area (TPSA) is 76.2 Å². The summed E-state index contributed by atoms with van der Waals surface area (Å²) in [7, 11) is 2.92. The van der Waals surface area contributed by atoms with E-state index in [2.05, 4.69) is 0 Å². The molecular weight excluding hydrogens is 380 g/mol. The maximum atomic E-state index is 13.1. The number of imide groups is 1. The van der Waals surface area contributed by atoms with Gasteiger partial charge in [0.2, 0.25) is 5.91 Å². The van der Waals surface area contributed by atoms with Gasteiger partial charge in [-0.1, -0.05) is 23.8 Å². The van der Waals surface area contributed by atoms with Crippen LogP contribution in [0, 0.1) is 6.92 Å². The summed E-state index contributed by atoms with van der Waals surface area (Å²) < 4.78 is 10.4. The minimum atomic E-state index is -0.906. The standard InChI is InChI=1S/C20H22N2O5S/c1-13-6-8-14(9-7-13)22-17(23)11-15(19(22)24)21(12-18(26-2)27-3)20(25)16-5-4-10-28-16/h4-10,15,18H,11-12H2,1-3H3. The van der Waals surface area contributed by atoms with E-state index in [0.717, 1.165) is 10.5 Å². The van der Waals surface area contributed by atoms with Gasteiger partial charge in [0, 0.05) is 14.2 Å². The maximum Gasteiger partial charge on any atom is 0.264 e. The number of methoxy groups -OCH3 is 2. The van der Waals surface area contributed by atoms with Gasteiger partial charge in [0.15, 0.2) is 6.29 Å². The van der Waals surface area contributed by atoms with Crippen molar-refractivity contribution in [2.24, 2.45) is 0 Å². The third-order valence-corrected chi connectivity index (χ3v) is 5.51. The summed E-state index contributed by atoms with van der Waals surface area (Å²) in [6.07, 6.45) is -0.788. The molecule has 28 heavy (non-hydrogen) atoms. The molecule has 1 atom stereocenters. The van der Waals surface area contributed by atoms with Gasteiger partial charge in [-0.25, -0.2) is 4.90 Å². The fourth-order valence-electron chi connectivity index (χ4n) is 3.12. The second-order valence-electron chi connectivity index (χ2n) is 6.46. The number of amides is 3. The van der Waals surface area contributed by atoms with E-state index in [4.69, 9.17) is 9.47 Å². The van der Waals surface area contributed by atoms with Gasteiger partial charge in [-0.05, 0) is 30.5 Å². The van der Waals surface area contributed by atoms with E-state index in [-0.39, 0.29) is 24.8 Å². The van der Waals surface area contributed by atoms with Crippen LogP contribution in [0.1, 0.15) is 21.7 Å². The number of benzene rings is 1. The van der Waals surface area contributed by atoms with E-state index in [0.29, 0.717) is 10.6 Å². The van der Waals surface area contributed by atoms with E-state index in [1.54, 1.807) is 29.6 Å². The molecular formula is C20H22N2O5S. The highest BCUT2D eigenvalue weighted by molar-refractivity contribution is 7.12. The average molecular weight is 402 g/mol. The van der Waals surface area contributed by atoms with Crippen LogP contribution in [-0.4, -0.2) is 55.7 Å². The first-order valence-corrected chi connectivity index (χ1v) is 9.67. The molecule has 1 unspecified atom stereocenters. The van der Waals surface area contributed by atoms with Gasteiger partial charge in [0.25, 0.3) is 11.8 Å². The van der Waals surface area contributed by atoms with Gasteiger partial charge in [-0.2, -0.15) is 0 Å². The number of thiophene rings is 1. The minimum absolute atomic E-state index is 0.0369. The summed E-state index contributed by atoms with van der Waals surface area (Å²) in [5.41, 5.74) is 1.53.